The minimum atomic E-state index is 0.925. The van der Waals surface area contributed by atoms with Crippen molar-refractivity contribution in [2.24, 2.45) is 5.92 Å². The lowest BCUT2D eigenvalue weighted by Crippen LogP contribution is -2.27. The quantitative estimate of drug-likeness (QED) is 0.495. The van der Waals surface area contributed by atoms with Crippen LogP contribution in [0.5, 0.6) is 0 Å². The highest BCUT2D eigenvalue weighted by atomic mass is 32.1. The second kappa shape index (κ2) is 6.43. The van der Waals surface area contributed by atoms with Crippen molar-refractivity contribution in [2.45, 2.75) is 19.8 Å². The Hall–Kier alpha value is 0.310. The van der Waals surface area contributed by atoms with Gasteiger partial charge in [-0.25, -0.2) is 0 Å². The third-order valence-electron chi connectivity index (χ3n) is 1.54. The van der Waals surface area contributed by atoms with Gasteiger partial charge >= 0.3 is 0 Å². The van der Waals surface area contributed by atoms with Gasteiger partial charge in [0.05, 0.1) is 0 Å². The van der Waals surface area contributed by atoms with Gasteiger partial charge in [-0.2, -0.15) is 12.6 Å². The molecular formula is C7H17NS. The van der Waals surface area contributed by atoms with Crippen LogP contribution in [0.2, 0.25) is 0 Å². The fourth-order valence-corrected chi connectivity index (χ4v) is 1.03. The molecule has 1 atom stereocenters. The van der Waals surface area contributed by atoms with Gasteiger partial charge in [0.25, 0.3) is 0 Å². The average molecular weight is 147 g/mol. The predicted octanol–water partition coefficient (Wildman–Crippen LogP) is 1.55. The van der Waals surface area contributed by atoms with E-state index in [9.17, 15) is 0 Å². The van der Waals surface area contributed by atoms with Crippen LogP contribution in [-0.2, 0) is 0 Å². The monoisotopic (exact) mass is 147 g/mol. The minimum absolute atomic E-state index is 0.925. The fraction of sp³-hybridized carbons (Fsp3) is 1.00. The highest BCUT2D eigenvalue weighted by Crippen LogP contribution is 2.06. The molecule has 0 aromatic rings. The summed E-state index contributed by atoms with van der Waals surface area (Å²) in [6, 6.07) is 0. The summed E-state index contributed by atoms with van der Waals surface area (Å²) in [5.41, 5.74) is 0. The Bertz CT molecular complexity index is 50.9. The molecule has 1 heterocycles. The predicted molar refractivity (Wildman–Crippen MR) is 46.2 cm³/mol. The summed E-state index contributed by atoms with van der Waals surface area (Å²) < 4.78 is 0. The van der Waals surface area contributed by atoms with E-state index < -0.39 is 0 Å². The molecule has 0 aromatic carbocycles. The smallest absolute Gasteiger partial charge is 0.00231 e. The van der Waals surface area contributed by atoms with Gasteiger partial charge in [0.2, 0.25) is 0 Å². The van der Waals surface area contributed by atoms with Crippen LogP contribution < -0.4 is 5.32 Å². The molecule has 1 fully saturated rings. The standard InChI is InChI=1S/C6H13N.CH4S/c1-6-3-2-4-7-5-6;1-2/h6-7H,2-5H2,1H3;2H,1H3. The molecule has 1 saturated heterocycles. The number of hydrogen-bond donors (Lipinski definition) is 2. The molecule has 56 valence electrons. The maximum absolute atomic E-state index is 3.53. The van der Waals surface area contributed by atoms with Crippen LogP contribution in [0.1, 0.15) is 19.8 Å². The molecule has 0 aliphatic carbocycles. The topological polar surface area (TPSA) is 12.0 Å². The van der Waals surface area contributed by atoms with Crippen molar-refractivity contribution < 1.29 is 0 Å². The van der Waals surface area contributed by atoms with Gasteiger partial charge in [-0.3, -0.25) is 0 Å². The largest absolute Gasteiger partial charge is 0.316 e. The molecule has 0 saturated carbocycles. The first-order chi connectivity index (χ1) is 4.39. The second-order valence-corrected chi connectivity index (χ2v) is 2.45. The Morgan fingerprint density at radius 2 is 2.11 bits per heavy atom. The molecule has 0 spiro atoms. The molecule has 1 rings (SSSR count). The molecule has 2 heteroatoms. The molecule has 0 amide bonds. The van der Waals surface area contributed by atoms with Gasteiger partial charge in [-0.15, -0.1) is 0 Å². The summed E-state index contributed by atoms with van der Waals surface area (Å²) in [7, 11) is 0. The molecule has 1 unspecified atom stereocenters. The summed E-state index contributed by atoms with van der Waals surface area (Å²) in [4.78, 5) is 0. The van der Waals surface area contributed by atoms with Gasteiger partial charge in [0, 0.05) is 0 Å². The first-order valence-electron chi connectivity index (χ1n) is 3.55. The minimum Gasteiger partial charge on any atom is -0.316 e. The SMILES string of the molecule is CC1CCCNC1.CS. The van der Waals surface area contributed by atoms with Crippen molar-refractivity contribution in [2.75, 3.05) is 19.3 Å². The summed E-state index contributed by atoms with van der Waals surface area (Å²) in [6.07, 6.45) is 4.49. The van der Waals surface area contributed by atoms with Crippen molar-refractivity contribution in [1.82, 2.24) is 5.32 Å². The molecule has 0 bridgehead atoms. The van der Waals surface area contributed by atoms with E-state index in [1.165, 1.54) is 25.9 Å². The van der Waals surface area contributed by atoms with Crippen molar-refractivity contribution in [1.29, 1.82) is 0 Å². The maximum atomic E-state index is 3.53. The van der Waals surface area contributed by atoms with Crippen LogP contribution in [0.15, 0.2) is 0 Å². The van der Waals surface area contributed by atoms with Gasteiger partial charge in [-0.1, -0.05) is 6.92 Å². The van der Waals surface area contributed by atoms with Gasteiger partial charge in [-0.05, 0) is 38.1 Å². The third-order valence-corrected chi connectivity index (χ3v) is 1.54. The second-order valence-electron chi connectivity index (χ2n) is 2.45. The average Bonchev–Trinajstić information content (AvgIpc) is 1.94. The van der Waals surface area contributed by atoms with Gasteiger partial charge in [0.15, 0.2) is 0 Å². The molecule has 1 aliphatic heterocycles. The molecule has 1 aliphatic rings. The van der Waals surface area contributed by atoms with E-state index in [2.05, 4.69) is 24.9 Å². The molecule has 1 nitrogen and oxygen atoms in total. The zero-order valence-electron chi connectivity index (χ0n) is 6.35. The van der Waals surface area contributed by atoms with Crippen molar-refractivity contribution >= 4 is 12.6 Å². The first kappa shape index (κ1) is 9.31. The molecule has 0 radical (unpaired) electrons. The van der Waals surface area contributed by atoms with Crippen LogP contribution in [0, 0.1) is 5.92 Å². The van der Waals surface area contributed by atoms with Gasteiger partial charge < -0.3 is 5.32 Å². The Balaban J connectivity index is 0.000000291. The summed E-state index contributed by atoms with van der Waals surface area (Å²) in [6.45, 7) is 4.77. The Labute approximate surface area is 63.6 Å². The van der Waals surface area contributed by atoms with Gasteiger partial charge in [0.1, 0.15) is 0 Å². The van der Waals surface area contributed by atoms with Crippen LogP contribution >= 0.6 is 12.6 Å². The summed E-state index contributed by atoms with van der Waals surface area (Å²) in [5, 5.41) is 3.33. The maximum Gasteiger partial charge on any atom is -0.00231 e. The normalized spacial score (nSPS) is 26.3. The lowest BCUT2D eigenvalue weighted by molar-refractivity contribution is 0.405. The summed E-state index contributed by atoms with van der Waals surface area (Å²) in [5.74, 6) is 0.925. The van der Waals surface area contributed by atoms with Crippen molar-refractivity contribution in [3.8, 4) is 0 Å². The third kappa shape index (κ3) is 4.79. The highest BCUT2D eigenvalue weighted by Gasteiger charge is 2.04. The highest BCUT2D eigenvalue weighted by molar-refractivity contribution is 7.79. The number of hydrogen-bond acceptors (Lipinski definition) is 2. The van der Waals surface area contributed by atoms with Crippen molar-refractivity contribution in [3.63, 3.8) is 0 Å². The van der Waals surface area contributed by atoms with Crippen LogP contribution in [0.4, 0.5) is 0 Å². The zero-order chi connectivity index (χ0) is 7.11. The zero-order valence-corrected chi connectivity index (χ0v) is 7.25. The van der Waals surface area contributed by atoms with E-state index >= 15 is 0 Å². The van der Waals surface area contributed by atoms with E-state index in [1.54, 1.807) is 6.26 Å². The Kier molecular flexibility index (Phi) is 6.65. The van der Waals surface area contributed by atoms with E-state index in [4.69, 9.17) is 0 Å². The van der Waals surface area contributed by atoms with Crippen molar-refractivity contribution in [3.05, 3.63) is 0 Å². The molecule has 1 N–H and O–H groups in total. The molecule has 0 aromatic heterocycles. The lowest BCUT2D eigenvalue weighted by Gasteiger charge is -2.17. The summed E-state index contributed by atoms with van der Waals surface area (Å²) >= 11 is 3.53. The molecule has 9 heavy (non-hydrogen) atoms. The number of thiol groups is 1. The van der Waals surface area contributed by atoms with E-state index in [1.807, 2.05) is 0 Å². The van der Waals surface area contributed by atoms with Crippen LogP contribution in [0.3, 0.4) is 0 Å². The molecular weight excluding hydrogens is 130 g/mol. The first-order valence-corrected chi connectivity index (χ1v) is 4.44. The van der Waals surface area contributed by atoms with Crippen LogP contribution in [-0.4, -0.2) is 19.3 Å². The van der Waals surface area contributed by atoms with E-state index in [0.29, 0.717) is 0 Å². The number of piperidine rings is 1. The lowest BCUT2D eigenvalue weighted by atomic mass is 10.0. The number of nitrogens with one attached hydrogen (secondary N) is 1. The Morgan fingerprint density at radius 1 is 1.44 bits per heavy atom. The van der Waals surface area contributed by atoms with Crippen LogP contribution in [0.25, 0.3) is 0 Å². The fourth-order valence-electron chi connectivity index (χ4n) is 1.03. The number of rotatable bonds is 0. The van der Waals surface area contributed by atoms with E-state index in [-0.39, 0.29) is 0 Å². The van der Waals surface area contributed by atoms with E-state index in [0.717, 1.165) is 5.92 Å². The Morgan fingerprint density at radius 3 is 2.33 bits per heavy atom.